The maximum absolute atomic E-state index is 11.7. The highest BCUT2D eigenvalue weighted by Gasteiger charge is 2.20. The molecule has 1 aliphatic heterocycles. The third-order valence-electron chi connectivity index (χ3n) is 2.94. The zero-order valence-corrected chi connectivity index (χ0v) is 9.69. The number of aromatic amines is 1. The summed E-state index contributed by atoms with van der Waals surface area (Å²) in [4.78, 5) is 31.5. The third-order valence-corrected chi connectivity index (χ3v) is 2.94. The standard InChI is InChI=1S/C11H15N3O3/c1-2-7-8(10(16)17)9(15)13-11(12-7)14-5-3-4-6-14/h2-6H2,1H3,(H,16,17)(H,12,13,15). The molecule has 0 amide bonds. The maximum Gasteiger partial charge on any atom is 0.343 e. The van der Waals surface area contributed by atoms with E-state index in [1.807, 2.05) is 4.90 Å². The highest BCUT2D eigenvalue weighted by Crippen LogP contribution is 2.15. The Morgan fingerprint density at radius 1 is 1.47 bits per heavy atom. The van der Waals surface area contributed by atoms with Crippen LogP contribution in [0.15, 0.2) is 4.79 Å². The van der Waals surface area contributed by atoms with Crippen molar-refractivity contribution in [2.75, 3.05) is 18.0 Å². The van der Waals surface area contributed by atoms with E-state index < -0.39 is 11.5 Å². The first-order valence-electron chi connectivity index (χ1n) is 5.75. The van der Waals surface area contributed by atoms with Gasteiger partial charge in [-0.05, 0) is 19.3 Å². The molecule has 0 spiro atoms. The van der Waals surface area contributed by atoms with Crippen LogP contribution in [0.2, 0.25) is 0 Å². The molecule has 6 heteroatoms. The predicted octanol–water partition coefficient (Wildman–Crippen LogP) is 0.631. The van der Waals surface area contributed by atoms with Gasteiger partial charge in [0, 0.05) is 13.1 Å². The van der Waals surface area contributed by atoms with E-state index in [-0.39, 0.29) is 5.56 Å². The Morgan fingerprint density at radius 2 is 2.12 bits per heavy atom. The number of aromatic nitrogens is 2. The Kier molecular flexibility index (Phi) is 3.12. The van der Waals surface area contributed by atoms with Gasteiger partial charge in [0.15, 0.2) is 0 Å². The number of carboxylic acids is 1. The Labute approximate surface area is 98.3 Å². The van der Waals surface area contributed by atoms with Gasteiger partial charge in [0.25, 0.3) is 5.56 Å². The number of aryl methyl sites for hydroxylation is 1. The van der Waals surface area contributed by atoms with E-state index in [2.05, 4.69) is 9.97 Å². The monoisotopic (exact) mass is 237 g/mol. The second kappa shape index (κ2) is 4.57. The molecular formula is C11H15N3O3. The molecule has 2 N–H and O–H groups in total. The van der Waals surface area contributed by atoms with Crippen LogP contribution >= 0.6 is 0 Å². The molecule has 0 radical (unpaired) electrons. The summed E-state index contributed by atoms with van der Waals surface area (Å²) in [6.07, 6.45) is 2.59. The molecule has 0 aliphatic carbocycles. The van der Waals surface area contributed by atoms with Crippen molar-refractivity contribution in [3.63, 3.8) is 0 Å². The van der Waals surface area contributed by atoms with Crippen molar-refractivity contribution >= 4 is 11.9 Å². The number of carboxylic acid groups (broad SMARTS) is 1. The third kappa shape index (κ3) is 2.15. The van der Waals surface area contributed by atoms with Crippen LogP contribution in [0, 0.1) is 0 Å². The summed E-state index contributed by atoms with van der Waals surface area (Å²) in [7, 11) is 0. The van der Waals surface area contributed by atoms with Crippen molar-refractivity contribution in [3.05, 3.63) is 21.6 Å². The van der Waals surface area contributed by atoms with Gasteiger partial charge in [-0.2, -0.15) is 0 Å². The smallest absolute Gasteiger partial charge is 0.343 e. The summed E-state index contributed by atoms with van der Waals surface area (Å²) >= 11 is 0. The van der Waals surface area contributed by atoms with Crippen LogP contribution in [-0.4, -0.2) is 34.1 Å². The summed E-state index contributed by atoms with van der Waals surface area (Å²) in [6.45, 7) is 3.51. The number of rotatable bonds is 3. The first-order chi connectivity index (χ1) is 8.13. The molecule has 92 valence electrons. The number of hydrogen-bond donors (Lipinski definition) is 2. The average molecular weight is 237 g/mol. The van der Waals surface area contributed by atoms with E-state index in [0.29, 0.717) is 18.1 Å². The number of hydrogen-bond acceptors (Lipinski definition) is 4. The zero-order chi connectivity index (χ0) is 12.4. The molecule has 1 fully saturated rings. The number of carbonyl (C=O) groups is 1. The van der Waals surface area contributed by atoms with Crippen molar-refractivity contribution < 1.29 is 9.90 Å². The first kappa shape index (κ1) is 11.6. The quantitative estimate of drug-likeness (QED) is 0.805. The minimum atomic E-state index is -1.22. The molecule has 1 saturated heterocycles. The molecule has 0 atom stereocenters. The van der Waals surface area contributed by atoms with Crippen LogP contribution in [-0.2, 0) is 6.42 Å². The summed E-state index contributed by atoms with van der Waals surface area (Å²) in [6, 6.07) is 0. The van der Waals surface area contributed by atoms with Gasteiger partial charge in [-0.1, -0.05) is 6.92 Å². The number of nitrogens with zero attached hydrogens (tertiary/aromatic N) is 2. The Hall–Kier alpha value is -1.85. The first-order valence-corrected chi connectivity index (χ1v) is 5.75. The van der Waals surface area contributed by atoms with Crippen molar-refractivity contribution in [3.8, 4) is 0 Å². The molecule has 6 nitrogen and oxygen atoms in total. The fourth-order valence-electron chi connectivity index (χ4n) is 2.06. The number of anilines is 1. The van der Waals surface area contributed by atoms with Crippen LogP contribution < -0.4 is 10.5 Å². The van der Waals surface area contributed by atoms with E-state index in [9.17, 15) is 9.59 Å². The number of H-pyrrole nitrogens is 1. The van der Waals surface area contributed by atoms with E-state index in [4.69, 9.17) is 5.11 Å². The van der Waals surface area contributed by atoms with Gasteiger partial charge in [0.05, 0.1) is 5.69 Å². The molecule has 0 unspecified atom stereocenters. The lowest BCUT2D eigenvalue weighted by Gasteiger charge is -2.16. The Balaban J connectivity index is 2.47. The van der Waals surface area contributed by atoms with Crippen molar-refractivity contribution in [2.24, 2.45) is 0 Å². The summed E-state index contributed by atoms with van der Waals surface area (Å²) in [5.41, 5.74) is -0.454. The normalized spacial score (nSPS) is 15.2. The van der Waals surface area contributed by atoms with Crippen LogP contribution in [0.4, 0.5) is 5.95 Å². The second-order valence-electron chi connectivity index (χ2n) is 4.06. The van der Waals surface area contributed by atoms with Gasteiger partial charge in [0.1, 0.15) is 5.56 Å². The lowest BCUT2D eigenvalue weighted by molar-refractivity contribution is 0.0693. The van der Waals surface area contributed by atoms with Crippen molar-refractivity contribution in [1.29, 1.82) is 0 Å². The van der Waals surface area contributed by atoms with E-state index in [1.54, 1.807) is 6.92 Å². The van der Waals surface area contributed by atoms with Gasteiger partial charge in [0.2, 0.25) is 5.95 Å². The van der Waals surface area contributed by atoms with E-state index in [0.717, 1.165) is 25.9 Å². The highest BCUT2D eigenvalue weighted by atomic mass is 16.4. The molecule has 0 aromatic carbocycles. The summed E-state index contributed by atoms with van der Waals surface area (Å²) in [5, 5.41) is 8.96. The minimum absolute atomic E-state index is 0.240. The number of nitrogens with one attached hydrogen (secondary N) is 1. The van der Waals surface area contributed by atoms with Crippen LogP contribution in [0.5, 0.6) is 0 Å². The molecule has 0 bridgehead atoms. The SMILES string of the molecule is CCc1nc(N2CCCC2)[nH]c(=O)c1C(=O)O. The van der Waals surface area contributed by atoms with Gasteiger partial charge < -0.3 is 10.0 Å². The largest absolute Gasteiger partial charge is 0.477 e. The second-order valence-corrected chi connectivity index (χ2v) is 4.06. The van der Waals surface area contributed by atoms with Crippen LogP contribution in [0.1, 0.15) is 35.8 Å². The molecular weight excluding hydrogens is 222 g/mol. The highest BCUT2D eigenvalue weighted by molar-refractivity contribution is 5.88. The Morgan fingerprint density at radius 3 is 2.65 bits per heavy atom. The van der Waals surface area contributed by atoms with E-state index in [1.165, 1.54) is 0 Å². The molecule has 2 heterocycles. The van der Waals surface area contributed by atoms with E-state index >= 15 is 0 Å². The molecule has 1 aliphatic rings. The summed E-state index contributed by atoms with van der Waals surface area (Å²) < 4.78 is 0. The Bertz CT molecular complexity index is 489. The average Bonchev–Trinajstić information content (AvgIpc) is 2.80. The zero-order valence-electron chi connectivity index (χ0n) is 9.69. The molecule has 1 aromatic heterocycles. The van der Waals surface area contributed by atoms with Gasteiger partial charge in [-0.25, -0.2) is 9.78 Å². The molecule has 0 saturated carbocycles. The van der Waals surface area contributed by atoms with Gasteiger partial charge >= 0.3 is 5.97 Å². The summed E-state index contributed by atoms with van der Waals surface area (Å²) in [5.74, 6) is -0.724. The number of aromatic carboxylic acids is 1. The van der Waals surface area contributed by atoms with Crippen molar-refractivity contribution in [2.45, 2.75) is 26.2 Å². The predicted molar refractivity (Wildman–Crippen MR) is 62.6 cm³/mol. The maximum atomic E-state index is 11.7. The fraction of sp³-hybridized carbons (Fsp3) is 0.545. The van der Waals surface area contributed by atoms with Gasteiger partial charge in [-0.3, -0.25) is 9.78 Å². The van der Waals surface area contributed by atoms with Crippen LogP contribution in [0.3, 0.4) is 0 Å². The minimum Gasteiger partial charge on any atom is -0.477 e. The van der Waals surface area contributed by atoms with Gasteiger partial charge in [-0.15, -0.1) is 0 Å². The molecule has 2 rings (SSSR count). The van der Waals surface area contributed by atoms with Crippen LogP contribution in [0.25, 0.3) is 0 Å². The lowest BCUT2D eigenvalue weighted by atomic mass is 10.2. The fourth-order valence-corrected chi connectivity index (χ4v) is 2.06. The topological polar surface area (TPSA) is 86.3 Å². The van der Waals surface area contributed by atoms with Crippen molar-refractivity contribution in [1.82, 2.24) is 9.97 Å². The molecule has 1 aromatic rings. The lowest BCUT2D eigenvalue weighted by Crippen LogP contribution is -2.28. The molecule has 17 heavy (non-hydrogen) atoms.